The molecule has 1 aliphatic carbocycles. The lowest BCUT2D eigenvalue weighted by atomic mass is 9.84. The van der Waals surface area contributed by atoms with Gasteiger partial charge in [-0.05, 0) is 18.4 Å². The van der Waals surface area contributed by atoms with Crippen LogP contribution in [0.4, 0.5) is 5.13 Å². The van der Waals surface area contributed by atoms with Crippen LogP contribution in [-0.2, 0) is 16.0 Å². The molecule has 1 fully saturated rings. The zero-order valence-corrected chi connectivity index (χ0v) is 18.7. The quantitative estimate of drug-likeness (QED) is 0.699. The van der Waals surface area contributed by atoms with Gasteiger partial charge in [0.25, 0.3) is 5.91 Å². The zero-order chi connectivity index (χ0) is 21.4. The summed E-state index contributed by atoms with van der Waals surface area (Å²) in [5.41, 5.74) is 1.88. The van der Waals surface area contributed by atoms with Gasteiger partial charge in [-0.15, -0.1) is 11.3 Å². The Kier molecular flexibility index (Phi) is 5.71. The summed E-state index contributed by atoms with van der Waals surface area (Å²) in [6.07, 6.45) is 8.76. The SMILES string of the molecule is O=C(Nc1nccs1)[C@H](CC1CCCCC1)N1CC2=C(Oc3c(Cl)cccc3C2)C1=O. The summed E-state index contributed by atoms with van der Waals surface area (Å²) >= 11 is 7.67. The number of anilines is 1. The summed E-state index contributed by atoms with van der Waals surface area (Å²) in [7, 11) is 0. The van der Waals surface area contributed by atoms with Gasteiger partial charge in [0.05, 0.1) is 5.02 Å². The second kappa shape index (κ2) is 8.63. The lowest BCUT2D eigenvalue weighted by molar-refractivity contribution is -0.135. The van der Waals surface area contributed by atoms with Gasteiger partial charge in [-0.25, -0.2) is 4.98 Å². The normalized spacial score (nSPS) is 19.6. The van der Waals surface area contributed by atoms with Crippen molar-refractivity contribution in [1.29, 1.82) is 0 Å². The van der Waals surface area contributed by atoms with Crippen molar-refractivity contribution in [2.45, 2.75) is 51.0 Å². The summed E-state index contributed by atoms with van der Waals surface area (Å²) in [5.74, 6) is 0.921. The molecule has 2 amide bonds. The summed E-state index contributed by atoms with van der Waals surface area (Å²) in [6, 6.07) is 5.06. The Morgan fingerprint density at radius 3 is 2.94 bits per heavy atom. The number of rotatable bonds is 5. The molecule has 0 bridgehead atoms. The number of benzene rings is 1. The van der Waals surface area contributed by atoms with Gasteiger partial charge >= 0.3 is 0 Å². The van der Waals surface area contributed by atoms with Crippen molar-refractivity contribution >= 4 is 39.9 Å². The number of aromatic nitrogens is 1. The lowest BCUT2D eigenvalue weighted by Gasteiger charge is -2.31. The summed E-state index contributed by atoms with van der Waals surface area (Å²) < 4.78 is 5.97. The highest BCUT2D eigenvalue weighted by Gasteiger charge is 2.42. The molecular formula is C23H24ClN3O3S. The first-order valence-electron chi connectivity index (χ1n) is 10.8. The van der Waals surface area contributed by atoms with Crippen LogP contribution < -0.4 is 10.1 Å². The molecule has 0 saturated heterocycles. The van der Waals surface area contributed by atoms with E-state index in [2.05, 4.69) is 10.3 Å². The smallest absolute Gasteiger partial charge is 0.290 e. The summed E-state index contributed by atoms with van der Waals surface area (Å²) in [4.78, 5) is 32.5. The highest BCUT2D eigenvalue weighted by atomic mass is 35.5. The molecule has 1 aromatic carbocycles. The third-order valence-corrected chi connectivity index (χ3v) is 7.40. The molecule has 2 aliphatic heterocycles. The largest absolute Gasteiger partial charge is 0.450 e. The van der Waals surface area contributed by atoms with Crippen molar-refractivity contribution in [2.24, 2.45) is 5.92 Å². The topological polar surface area (TPSA) is 71.5 Å². The molecule has 3 aliphatic rings. The summed E-state index contributed by atoms with van der Waals surface area (Å²) in [6.45, 7) is 0.406. The number of halogens is 1. The number of nitrogens with zero attached hydrogens (tertiary/aromatic N) is 2. The van der Waals surface area contributed by atoms with Crippen LogP contribution >= 0.6 is 22.9 Å². The molecule has 1 aromatic heterocycles. The van der Waals surface area contributed by atoms with Gasteiger partial charge in [0, 0.05) is 35.7 Å². The van der Waals surface area contributed by atoms with Gasteiger partial charge < -0.3 is 15.0 Å². The van der Waals surface area contributed by atoms with E-state index in [0.717, 1.165) is 24.0 Å². The van der Waals surface area contributed by atoms with Crippen LogP contribution in [0.5, 0.6) is 5.75 Å². The van der Waals surface area contributed by atoms with Crippen LogP contribution in [0.2, 0.25) is 5.02 Å². The van der Waals surface area contributed by atoms with Gasteiger partial charge in [0.2, 0.25) is 5.91 Å². The van der Waals surface area contributed by atoms with Crippen LogP contribution in [0.1, 0.15) is 44.1 Å². The predicted octanol–water partition coefficient (Wildman–Crippen LogP) is 4.81. The Morgan fingerprint density at radius 2 is 2.16 bits per heavy atom. The number of carbonyl (C=O) groups excluding carboxylic acids is 2. The zero-order valence-electron chi connectivity index (χ0n) is 17.1. The minimum atomic E-state index is -0.549. The monoisotopic (exact) mass is 457 g/mol. The molecule has 31 heavy (non-hydrogen) atoms. The van der Waals surface area contributed by atoms with Crippen molar-refractivity contribution in [3.8, 4) is 5.75 Å². The van der Waals surface area contributed by atoms with Crippen LogP contribution in [0.3, 0.4) is 0 Å². The maximum Gasteiger partial charge on any atom is 0.290 e. The minimum Gasteiger partial charge on any atom is -0.450 e. The Morgan fingerprint density at radius 1 is 1.32 bits per heavy atom. The summed E-state index contributed by atoms with van der Waals surface area (Å²) in [5, 5.41) is 5.78. The first kappa shape index (κ1) is 20.5. The Hall–Kier alpha value is -2.38. The Balaban J connectivity index is 1.38. The van der Waals surface area contributed by atoms with Crippen molar-refractivity contribution < 1.29 is 14.3 Å². The molecule has 0 radical (unpaired) electrons. The highest BCUT2D eigenvalue weighted by molar-refractivity contribution is 7.13. The van der Waals surface area contributed by atoms with E-state index in [9.17, 15) is 9.59 Å². The average molecular weight is 458 g/mol. The highest BCUT2D eigenvalue weighted by Crippen LogP contribution is 2.40. The van der Waals surface area contributed by atoms with Gasteiger partial charge in [-0.2, -0.15) is 0 Å². The Bertz CT molecular complexity index is 1030. The first-order valence-corrected chi connectivity index (χ1v) is 12.0. The number of ether oxygens (including phenoxy) is 1. The number of amides is 2. The van der Waals surface area contributed by atoms with Crippen LogP contribution in [0.25, 0.3) is 0 Å². The van der Waals surface area contributed by atoms with E-state index in [1.165, 1.54) is 30.6 Å². The van der Waals surface area contributed by atoms with E-state index in [0.29, 0.717) is 47.0 Å². The first-order chi connectivity index (χ1) is 15.1. The third-order valence-electron chi connectivity index (χ3n) is 6.42. The van der Waals surface area contributed by atoms with Gasteiger partial charge in [0.15, 0.2) is 10.9 Å². The molecule has 3 heterocycles. The van der Waals surface area contributed by atoms with Crippen LogP contribution in [0.15, 0.2) is 41.1 Å². The fourth-order valence-electron chi connectivity index (χ4n) is 4.86. The molecule has 5 rings (SSSR count). The predicted molar refractivity (Wildman–Crippen MR) is 120 cm³/mol. The molecule has 8 heteroatoms. The number of nitrogens with one attached hydrogen (secondary N) is 1. The van der Waals surface area contributed by atoms with Gasteiger partial charge in [-0.3, -0.25) is 9.59 Å². The average Bonchev–Trinajstić information content (AvgIpc) is 3.40. The number of fused-ring (bicyclic) bond motifs is 1. The van der Waals surface area contributed by atoms with E-state index >= 15 is 0 Å². The van der Waals surface area contributed by atoms with Gasteiger partial charge in [0.1, 0.15) is 11.8 Å². The molecule has 1 atom stereocenters. The van der Waals surface area contributed by atoms with Gasteiger partial charge in [-0.1, -0.05) is 55.8 Å². The second-order valence-corrected chi connectivity index (χ2v) is 9.76. The molecule has 6 nitrogen and oxygen atoms in total. The van der Waals surface area contributed by atoms with Crippen LogP contribution in [0, 0.1) is 5.92 Å². The minimum absolute atomic E-state index is 0.177. The number of hydrogen-bond acceptors (Lipinski definition) is 5. The number of hydrogen-bond donors (Lipinski definition) is 1. The van der Waals surface area contributed by atoms with Crippen molar-refractivity contribution in [3.63, 3.8) is 0 Å². The van der Waals surface area contributed by atoms with Crippen molar-refractivity contribution in [2.75, 3.05) is 11.9 Å². The Labute approximate surface area is 190 Å². The molecule has 0 unspecified atom stereocenters. The standard InChI is InChI=1S/C23H24ClN3O3S/c24-17-8-4-7-15-12-16-13-27(22(29)20(16)30-19(15)17)18(11-14-5-2-1-3-6-14)21(28)26-23-25-9-10-31-23/h4,7-10,14,18H,1-3,5-6,11-13H2,(H,25,26,28)/t18-/m0/s1. The molecule has 1 saturated carbocycles. The third kappa shape index (κ3) is 4.08. The maximum absolute atomic E-state index is 13.4. The van der Waals surface area contributed by atoms with Crippen molar-refractivity contribution in [3.05, 3.63) is 51.7 Å². The fraction of sp³-hybridized carbons (Fsp3) is 0.435. The van der Waals surface area contributed by atoms with Crippen LogP contribution in [-0.4, -0.2) is 34.3 Å². The molecule has 162 valence electrons. The van der Waals surface area contributed by atoms with E-state index in [1.54, 1.807) is 17.2 Å². The van der Waals surface area contributed by atoms with E-state index < -0.39 is 6.04 Å². The maximum atomic E-state index is 13.4. The number of para-hydroxylation sites is 1. The fourth-order valence-corrected chi connectivity index (χ4v) is 5.63. The number of carbonyl (C=O) groups is 2. The van der Waals surface area contributed by atoms with E-state index in [-0.39, 0.29) is 11.8 Å². The molecular weight excluding hydrogens is 434 g/mol. The lowest BCUT2D eigenvalue weighted by Crippen LogP contribution is -2.47. The van der Waals surface area contributed by atoms with Crippen molar-refractivity contribution in [1.82, 2.24) is 9.88 Å². The second-order valence-electron chi connectivity index (χ2n) is 8.45. The molecule has 1 N–H and O–H groups in total. The number of thiazole rings is 1. The van der Waals surface area contributed by atoms with E-state index in [4.69, 9.17) is 16.3 Å². The molecule has 0 spiro atoms. The van der Waals surface area contributed by atoms with E-state index in [1.807, 2.05) is 17.5 Å². The molecule has 2 aromatic rings.